The highest BCUT2D eigenvalue weighted by Crippen LogP contribution is 2.76. The molecule has 4 saturated carbocycles. The highest BCUT2D eigenvalue weighted by Gasteiger charge is 2.70. The van der Waals surface area contributed by atoms with E-state index in [4.69, 9.17) is 47.4 Å². The fourth-order valence-corrected chi connectivity index (χ4v) is 17.7. The van der Waals surface area contributed by atoms with Crippen LogP contribution < -0.4 is 0 Å². The number of aliphatic hydroxyl groups is 15. The minimum Gasteiger partial charge on any atom is -0.432 e. The zero-order valence-corrected chi connectivity index (χ0v) is 49.8. The third-order valence-corrected chi connectivity index (χ3v) is 23.1. The molecule has 0 bridgehead atoms. The summed E-state index contributed by atoms with van der Waals surface area (Å²) < 4.78 is 59.2. The first kappa shape index (κ1) is 66.2. The molecule has 26 nitrogen and oxygen atoms in total. The number of aliphatic hydroxyl groups excluding tert-OH is 15. The minimum absolute atomic E-state index is 0.129. The fraction of sp³-hybridized carbons (Fsp3) is 0.949. The minimum atomic E-state index is -1.89. The van der Waals surface area contributed by atoms with E-state index in [1.165, 1.54) is 5.57 Å². The van der Waals surface area contributed by atoms with Crippen molar-refractivity contribution in [2.45, 2.75) is 273 Å². The standard InChI is InChI=1S/C59H96O26/c1-24-45(82-52-44(74)47(36(66)29(21-61)79-52)84-50-41(71)37(67)35(65)28(20-60)78-50)38(68)42(72)49(77-24)81-33-12-13-56(6)31(55(33,4)5)11-14-58(8)32(56)10-9-25-26-19-54(2,3)15-17-59(26,18-16-57(25,58)7)53(75)85-51-43(73)39(69)46(30(22-62)80-51)83-48-40(70)34(64)27(63)23-76-48/h9,24,26-52,60-74H,10-23H2,1-8H3/t24?,26?,27?,28?,29?,30?,31?,32?,33-,34?,35?,36?,37?,38?,39?,40?,41?,42?,43?,44?,45?,46?,47?,48?,49?,50?,51?,52?,56-,57+,58+,59-/m1/s1. The first-order valence-electron chi connectivity index (χ1n) is 30.6. The van der Waals surface area contributed by atoms with Crippen molar-refractivity contribution >= 4 is 5.97 Å². The van der Waals surface area contributed by atoms with Crippen molar-refractivity contribution in [3.63, 3.8) is 0 Å². The van der Waals surface area contributed by atoms with Crippen molar-refractivity contribution in [3.05, 3.63) is 11.6 Å². The van der Waals surface area contributed by atoms with Gasteiger partial charge in [0.05, 0.1) is 44.1 Å². The van der Waals surface area contributed by atoms with Gasteiger partial charge in [-0.15, -0.1) is 0 Å². The van der Waals surface area contributed by atoms with Crippen LogP contribution in [0.4, 0.5) is 0 Å². The third kappa shape index (κ3) is 11.1. The Kier molecular flexibility index (Phi) is 19.0. The quantitative estimate of drug-likeness (QED) is 0.0513. The van der Waals surface area contributed by atoms with E-state index in [1.54, 1.807) is 6.92 Å². The van der Waals surface area contributed by atoms with Gasteiger partial charge in [-0.1, -0.05) is 60.1 Å². The molecule has 5 heterocycles. The second-order valence-corrected chi connectivity index (χ2v) is 28.6. The lowest BCUT2D eigenvalue weighted by Crippen LogP contribution is -2.67. The number of ether oxygens (including phenoxy) is 10. The number of hydrogen-bond acceptors (Lipinski definition) is 26. The molecule has 10 aliphatic rings. The zero-order valence-electron chi connectivity index (χ0n) is 49.8. The van der Waals surface area contributed by atoms with Crippen LogP contribution in [0.5, 0.6) is 0 Å². The van der Waals surface area contributed by atoms with Crippen molar-refractivity contribution in [1.82, 2.24) is 0 Å². The molecule has 5 aliphatic carbocycles. The summed E-state index contributed by atoms with van der Waals surface area (Å²) in [6.07, 6.45) is -29.5. The molecule has 10 rings (SSSR count). The molecule has 0 aromatic rings. The summed E-state index contributed by atoms with van der Waals surface area (Å²) in [5.41, 5.74) is -1.09. The number of hydrogen-bond donors (Lipinski definition) is 15. The van der Waals surface area contributed by atoms with Crippen LogP contribution in [0.1, 0.15) is 120 Å². The molecule has 9 fully saturated rings. The molecule has 0 aromatic heterocycles. The van der Waals surface area contributed by atoms with Crippen LogP contribution in [0, 0.1) is 50.2 Å². The van der Waals surface area contributed by atoms with Gasteiger partial charge in [-0.05, 0) is 116 Å². The molecular weight excluding hydrogens is 1120 g/mol. The molecule has 0 amide bonds. The fourth-order valence-electron chi connectivity index (χ4n) is 17.7. The summed E-state index contributed by atoms with van der Waals surface area (Å²) in [4.78, 5) is 15.1. The lowest BCUT2D eigenvalue weighted by atomic mass is 9.33. The highest BCUT2D eigenvalue weighted by atomic mass is 16.8. The summed E-state index contributed by atoms with van der Waals surface area (Å²) in [7, 11) is 0. The number of allylic oxidation sites excluding steroid dienone is 2. The van der Waals surface area contributed by atoms with Crippen LogP contribution >= 0.6 is 0 Å². The van der Waals surface area contributed by atoms with Gasteiger partial charge >= 0.3 is 5.97 Å². The number of carbonyl (C=O) groups excluding carboxylic acids is 1. The van der Waals surface area contributed by atoms with Gasteiger partial charge in [0.25, 0.3) is 0 Å². The molecular formula is C59H96O26. The molecule has 15 N–H and O–H groups in total. The van der Waals surface area contributed by atoms with E-state index in [0.29, 0.717) is 32.1 Å². The highest BCUT2D eigenvalue weighted by molar-refractivity contribution is 5.79. The molecule has 26 heteroatoms. The van der Waals surface area contributed by atoms with Gasteiger partial charge in [-0.25, -0.2) is 0 Å². The predicted octanol–water partition coefficient (Wildman–Crippen LogP) is -2.54. The van der Waals surface area contributed by atoms with E-state index < -0.39 is 190 Å². The Hall–Kier alpha value is -1.75. The van der Waals surface area contributed by atoms with Crippen molar-refractivity contribution in [3.8, 4) is 0 Å². The van der Waals surface area contributed by atoms with Gasteiger partial charge in [0.15, 0.2) is 25.2 Å². The maximum Gasteiger partial charge on any atom is 0.315 e. The van der Waals surface area contributed by atoms with Crippen LogP contribution in [0.3, 0.4) is 0 Å². The average Bonchev–Trinajstić information content (AvgIpc) is 0.709. The van der Waals surface area contributed by atoms with Gasteiger partial charge < -0.3 is 124 Å². The van der Waals surface area contributed by atoms with Gasteiger partial charge in [0.2, 0.25) is 6.29 Å². The van der Waals surface area contributed by atoms with E-state index >= 15 is 4.79 Å². The summed E-state index contributed by atoms with van der Waals surface area (Å²) in [6.45, 7) is 14.9. The van der Waals surface area contributed by atoms with Crippen molar-refractivity contribution in [2.75, 3.05) is 26.4 Å². The van der Waals surface area contributed by atoms with Gasteiger partial charge in [-0.2, -0.15) is 0 Å². The molecule has 5 aliphatic heterocycles. The van der Waals surface area contributed by atoms with Crippen LogP contribution in [-0.2, 0) is 52.2 Å². The molecule has 0 radical (unpaired) electrons. The molecule has 5 saturated heterocycles. The first-order chi connectivity index (χ1) is 39.8. The predicted molar refractivity (Wildman–Crippen MR) is 288 cm³/mol. The second-order valence-electron chi connectivity index (χ2n) is 28.6. The SMILES string of the molecule is CC1OC(O[C@@H]2CC[C@]3(C)C(CC[C@@]4(C)C3CC=C3C5CC(C)(C)CC[C@@]5(C(=O)OC5OC(CO)C(OC6OCC(O)C(O)C6O)C(O)C5O)CC[C@@]34C)C2(C)C)C(O)C(O)C1OC1OC(CO)C(O)C(OC2OC(CO)C(O)C(O)C2O)C1O. The average molecular weight is 1220 g/mol. The number of carbonyl (C=O) groups is 1. The van der Waals surface area contributed by atoms with Gasteiger partial charge in [0.1, 0.15) is 110 Å². The van der Waals surface area contributed by atoms with Gasteiger partial charge in [0, 0.05) is 0 Å². The van der Waals surface area contributed by atoms with E-state index in [1.807, 2.05) is 0 Å². The second kappa shape index (κ2) is 24.4. The van der Waals surface area contributed by atoms with Gasteiger partial charge in [-0.3, -0.25) is 4.79 Å². The Morgan fingerprint density at radius 1 is 0.529 bits per heavy atom. The largest absolute Gasteiger partial charge is 0.432 e. The summed E-state index contributed by atoms with van der Waals surface area (Å²) in [5, 5.41) is 161. The monoisotopic (exact) mass is 1220 g/mol. The Bertz CT molecular complexity index is 2360. The maximum absolute atomic E-state index is 15.1. The summed E-state index contributed by atoms with van der Waals surface area (Å²) in [6, 6.07) is 0. The Labute approximate surface area is 494 Å². The zero-order chi connectivity index (χ0) is 62.0. The molecule has 32 atom stereocenters. The van der Waals surface area contributed by atoms with Crippen molar-refractivity contribution in [2.24, 2.45) is 50.2 Å². The van der Waals surface area contributed by atoms with Crippen LogP contribution in [0.15, 0.2) is 11.6 Å². The van der Waals surface area contributed by atoms with E-state index in [9.17, 15) is 76.6 Å². The topological polar surface area (TPSA) is 413 Å². The number of fused-ring (bicyclic) bond motifs is 7. The lowest BCUT2D eigenvalue weighted by Gasteiger charge is -2.71. The van der Waals surface area contributed by atoms with Crippen LogP contribution in [0.2, 0.25) is 0 Å². The molecule has 0 spiro atoms. The lowest BCUT2D eigenvalue weighted by molar-refractivity contribution is -0.382. The van der Waals surface area contributed by atoms with E-state index in [-0.39, 0.29) is 46.0 Å². The molecule has 85 heavy (non-hydrogen) atoms. The molecule has 27 unspecified atom stereocenters. The Morgan fingerprint density at radius 3 is 1.75 bits per heavy atom. The summed E-state index contributed by atoms with van der Waals surface area (Å²) >= 11 is 0. The Morgan fingerprint density at radius 2 is 1.08 bits per heavy atom. The van der Waals surface area contributed by atoms with E-state index in [0.717, 1.165) is 32.1 Å². The molecule has 0 aromatic carbocycles. The number of esters is 1. The smallest absolute Gasteiger partial charge is 0.315 e. The van der Waals surface area contributed by atoms with Crippen LogP contribution in [0.25, 0.3) is 0 Å². The summed E-state index contributed by atoms with van der Waals surface area (Å²) in [5.74, 6) is -0.419. The van der Waals surface area contributed by atoms with Crippen LogP contribution in [-0.4, -0.2) is 263 Å². The van der Waals surface area contributed by atoms with Crippen molar-refractivity contribution in [1.29, 1.82) is 0 Å². The molecule has 488 valence electrons. The normalized spacial score (nSPS) is 54.1. The number of rotatable bonds is 13. The van der Waals surface area contributed by atoms with E-state index in [2.05, 4.69) is 54.5 Å². The Balaban J connectivity index is 0.809. The first-order valence-corrected chi connectivity index (χ1v) is 30.6. The third-order valence-electron chi connectivity index (χ3n) is 23.1. The van der Waals surface area contributed by atoms with Crippen molar-refractivity contribution < 1.29 is 129 Å². The maximum atomic E-state index is 15.1.